The van der Waals surface area contributed by atoms with Crippen LogP contribution in [0.3, 0.4) is 0 Å². The number of nitrogens with one attached hydrogen (secondary N) is 1. The van der Waals surface area contributed by atoms with Gasteiger partial charge < -0.3 is 10.3 Å². The number of carbonyl (C=O) groups is 1. The van der Waals surface area contributed by atoms with Gasteiger partial charge in [-0.15, -0.1) is 0 Å². The van der Waals surface area contributed by atoms with Crippen LogP contribution in [-0.4, -0.2) is 28.0 Å². The van der Waals surface area contributed by atoms with E-state index in [9.17, 15) is 9.18 Å². The third-order valence-corrected chi connectivity index (χ3v) is 8.60. The van der Waals surface area contributed by atoms with Crippen LogP contribution in [0.5, 0.6) is 0 Å². The molecule has 7 heteroatoms. The van der Waals surface area contributed by atoms with Gasteiger partial charge in [0.15, 0.2) is 5.96 Å². The number of nitrogens with two attached hydrogens (primary N) is 1. The summed E-state index contributed by atoms with van der Waals surface area (Å²) >= 11 is 0. The Morgan fingerprint density at radius 2 is 1.25 bits per heavy atom. The summed E-state index contributed by atoms with van der Waals surface area (Å²) < 4.78 is 15.8. The van der Waals surface area contributed by atoms with Crippen LogP contribution in [0.15, 0.2) is 163 Å². The number of amides is 1. The molecule has 240 valence electrons. The van der Waals surface area contributed by atoms with E-state index in [0.717, 1.165) is 33.5 Å². The van der Waals surface area contributed by atoms with Crippen LogP contribution in [-0.2, 0) is 16.8 Å². The molecule has 0 spiro atoms. The van der Waals surface area contributed by atoms with Crippen molar-refractivity contribution in [3.63, 3.8) is 0 Å². The second-order valence-corrected chi connectivity index (χ2v) is 11.7. The van der Waals surface area contributed by atoms with Gasteiger partial charge in [-0.3, -0.25) is 15.1 Å². The molecule has 0 radical (unpaired) electrons. The Hall–Kier alpha value is -5.82. The molecule has 48 heavy (non-hydrogen) atoms. The van der Waals surface area contributed by atoms with Crippen molar-refractivity contribution in [2.24, 2.45) is 10.7 Å². The zero-order valence-electron chi connectivity index (χ0n) is 26.6. The lowest BCUT2D eigenvalue weighted by Gasteiger charge is -2.37. The molecule has 3 N–H and O–H groups in total. The normalized spacial score (nSPS) is 12.4. The largest absolute Gasteiger partial charge is 0.370 e. The van der Waals surface area contributed by atoms with Crippen molar-refractivity contribution in [2.75, 3.05) is 6.54 Å². The Balaban J connectivity index is 1.14. The van der Waals surface area contributed by atoms with Crippen molar-refractivity contribution in [3.8, 4) is 0 Å². The van der Waals surface area contributed by atoms with Crippen molar-refractivity contribution in [1.29, 1.82) is 0 Å². The predicted molar refractivity (Wildman–Crippen MR) is 189 cm³/mol. The van der Waals surface area contributed by atoms with Crippen LogP contribution in [0.4, 0.5) is 4.39 Å². The van der Waals surface area contributed by atoms with E-state index < -0.39 is 5.54 Å². The van der Waals surface area contributed by atoms with Crippen LogP contribution in [0.1, 0.15) is 52.3 Å². The van der Waals surface area contributed by atoms with Crippen molar-refractivity contribution >= 4 is 11.9 Å². The van der Waals surface area contributed by atoms with E-state index in [0.29, 0.717) is 19.4 Å². The number of carbonyl (C=O) groups excluding carboxylic acids is 1. The predicted octanol–water partition coefficient (Wildman–Crippen LogP) is 7.45. The molecule has 0 bridgehead atoms. The average molecular weight is 636 g/mol. The molecular weight excluding hydrogens is 597 g/mol. The highest BCUT2D eigenvalue weighted by atomic mass is 19.1. The Labute approximate surface area is 280 Å². The second-order valence-electron chi connectivity index (χ2n) is 11.7. The summed E-state index contributed by atoms with van der Waals surface area (Å²) in [7, 11) is 0. The van der Waals surface area contributed by atoms with E-state index in [1.165, 1.54) is 12.1 Å². The quantitative estimate of drug-likeness (QED) is 0.0634. The molecule has 1 unspecified atom stereocenters. The van der Waals surface area contributed by atoms with E-state index in [1.54, 1.807) is 12.1 Å². The zero-order chi connectivity index (χ0) is 33.2. The smallest absolute Gasteiger partial charge is 0.227 e. The highest BCUT2D eigenvalue weighted by Gasteiger charge is 2.38. The molecule has 5 aromatic carbocycles. The molecule has 0 saturated heterocycles. The summed E-state index contributed by atoms with van der Waals surface area (Å²) in [6.07, 6.45) is 5.55. The van der Waals surface area contributed by atoms with Gasteiger partial charge in [-0.25, -0.2) is 9.37 Å². The van der Waals surface area contributed by atoms with Crippen LogP contribution in [0, 0.1) is 5.82 Å². The first-order valence-corrected chi connectivity index (χ1v) is 16.1. The number of benzene rings is 5. The minimum absolute atomic E-state index is 0.0766. The number of aliphatic imine (C=N–C) groups is 1. The number of aromatic nitrogens is 2. The van der Waals surface area contributed by atoms with Gasteiger partial charge in [-0.05, 0) is 52.8 Å². The van der Waals surface area contributed by atoms with E-state index in [2.05, 4.69) is 93.9 Å². The lowest BCUT2D eigenvalue weighted by atomic mass is 9.77. The van der Waals surface area contributed by atoms with Crippen LogP contribution >= 0.6 is 0 Å². The third kappa shape index (κ3) is 7.26. The minimum Gasteiger partial charge on any atom is -0.370 e. The fraction of sp³-hybridized carbons (Fsp3) is 0.146. The number of rotatable bonds is 12. The number of hydrogen-bond acceptors (Lipinski definition) is 3. The first-order valence-electron chi connectivity index (χ1n) is 16.1. The molecule has 0 aliphatic heterocycles. The molecule has 0 aliphatic carbocycles. The lowest BCUT2D eigenvalue weighted by molar-refractivity contribution is -0.119. The summed E-state index contributed by atoms with van der Waals surface area (Å²) in [5, 5.41) is 2.73. The van der Waals surface area contributed by atoms with Crippen molar-refractivity contribution in [2.45, 2.75) is 30.7 Å². The molecule has 6 rings (SSSR count). The number of hydrogen-bond donors (Lipinski definition) is 2. The molecule has 6 nitrogen and oxygen atoms in total. The number of nitrogens with zero attached hydrogens (tertiary/aromatic N) is 3. The molecular formula is C41H38FN5O. The topological polar surface area (TPSA) is 85.3 Å². The number of guanidine groups is 1. The van der Waals surface area contributed by atoms with Crippen LogP contribution in [0.2, 0.25) is 0 Å². The molecule has 1 aromatic heterocycles. The van der Waals surface area contributed by atoms with Gasteiger partial charge in [0.1, 0.15) is 11.4 Å². The summed E-state index contributed by atoms with van der Waals surface area (Å²) in [4.78, 5) is 22.3. The number of imidazole rings is 1. The molecule has 1 atom stereocenters. The summed E-state index contributed by atoms with van der Waals surface area (Å²) in [5.74, 6) is -0.745. The fourth-order valence-electron chi connectivity index (χ4n) is 6.35. The zero-order valence-corrected chi connectivity index (χ0v) is 26.6. The van der Waals surface area contributed by atoms with Crippen LogP contribution < -0.4 is 11.1 Å². The summed E-state index contributed by atoms with van der Waals surface area (Å²) in [6.45, 7) is 0.431. The molecule has 6 aromatic rings. The highest BCUT2D eigenvalue weighted by Crippen LogP contribution is 2.40. The molecule has 0 saturated carbocycles. The Bertz CT molecular complexity index is 1830. The highest BCUT2D eigenvalue weighted by molar-refractivity contribution is 5.96. The summed E-state index contributed by atoms with van der Waals surface area (Å²) in [6, 6.07) is 47.4. The molecule has 1 amide bonds. The number of halogens is 1. The Kier molecular flexibility index (Phi) is 10.2. The van der Waals surface area contributed by atoms with Crippen molar-refractivity contribution < 1.29 is 9.18 Å². The van der Waals surface area contributed by atoms with Crippen LogP contribution in [0.25, 0.3) is 0 Å². The fourth-order valence-corrected chi connectivity index (χ4v) is 6.35. The Morgan fingerprint density at radius 1 is 0.750 bits per heavy atom. The van der Waals surface area contributed by atoms with Gasteiger partial charge in [0.25, 0.3) is 0 Å². The molecule has 1 heterocycles. The number of aryl methyl sites for hydroxylation is 1. The van der Waals surface area contributed by atoms with Gasteiger partial charge in [0.05, 0.1) is 12.0 Å². The average Bonchev–Trinajstić information content (AvgIpc) is 3.61. The van der Waals surface area contributed by atoms with Gasteiger partial charge >= 0.3 is 0 Å². The van der Waals surface area contributed by atoms with Gasteiger partial charge in [-0.2, -0.15) is 0 Å². The minimum atomic E-state index is -0.618. The lowest BCUT2D eigenvalue weighted by Crippen LogP contribution is -2.37. The van der Waals surface area contributed by atoms with E-state index in [1.807, 2.05) is 54.9 Å². The third-order valence-electron chi connectivity index (χ3n) is 8.60. The Morgan fingerprint density at radius 3 is 1.79 bits per heavy atom. The first kappa shape index (κ1) is 32.1. The van der Waals surface area contributed by atoms with Gasteiger partial charge in [0.2, 0.25) is 5.91 Å². The maximum absolute atomic E-state index is 13.6. The maximum atomic E-state index is 13.6. The summed E-state index contributed by atoms with van der Waals surface area (Å²) in [5.41, 5.74) is 11.7. The van der Waals surface area contributed by atoms with Gasteiger partial charge in [-0.1, -0.05) is 133 Å². The first-order chi connectivity index (χ1) is 23.5. The molecule has 0 fully saturated rings. The second kappa shape index (κ2) is 15.2. The van der Waals surface area contributed by atoms with Gasteiger partial charge in [0, 0.05) is 25.1 Å². The molecule has 0 aliphatic rings. The van der Waals surface area contributed by atoms with Crippen molar-refractivity contribution in [3.05, 3.63) is 197 Å². The van der Waals surface area contributed by atoms with Crippen molar-refractivity contribution in [1.82, 2.24) is 14.9 Å². The van der Waals surface area contributed by atoms with E-state index >= 15 is 0 Å². The SMILES string of the molecule is NC(=NCCCc1cn(C(c2ccccc2)(c2ccccc2)c2ccccc2)cn1)NC(=O)CC(c1ccccc1)c1ccc(F)cc1. The standard InChI is InChI=1S/C41H38FN5O/c42-36-25-23-32(24-26-36)38(31-14-5-1-6-15-31)28-39(48)46-40(43)44-27-13-22-37-29-47(30-45-37)41(33-16-7-2-8-17-33,34-18-9-3-10-19-34)35-20-11-4-12-21-35/h1-12,14-21,23-26,29-30,38H,13,22,27-28H2,(H3,43,44,46,48). The van der Waals surface area contributed by atoms with E-state index in [-0.39, 0.29) is 30.0 Å². The monoisotopic (exact) mass is 635 g/mol. The maximum Gasteiger partial charge on any atom is 0.227 e. The van der Waals surface area contributed by atoms with E-state index in [4.69, 9.17) is 10.7 Å².